The fourth-order valence-electron chi connectivity index (χ4n) is 4.47. The molecule has 0 bridgehead atoms. The predicted molar refractivity (Wildman–Crippen MR) is 123 cm³/mol. The summed E-state index contributed by atoms with van der Waals surface area (Å²) in [5.41, 5.74) is 0.566. The number of halogens is 1. The number of piperazine rings is 1. The lowest BCUT2D eigenvalue weighted by Crippen LogP contribution is -2.46. The standard InChI is InChI=1S/C23H25FN6O5/c1-13(22(32)33)30-11-14(25-26-30)10-27-4-6-28(7-5-27)20-9-19-16(8-18(20)24)21(31)17(23(34)35)12-29(19)15-2-3-15/h8-9,11-13,15H,2-7,10H2,1H3,(H,32,33)(H,34,35)/t13-/m0/s1. The molecule has 1 aromatic carbocycles. The summed E-state index contributed by atoms with van der Waals surface area (Å²) >= 11 is 0. The van der Waals surface area contributed by atoms with Gasteiger partial charge < -0.3 is 19.7 Å². The Morgan fingerprint density at radius 2 is 1.86 bits per heavy atom. The Morgan fingerprint density at radius 3 is 2.49 bits per heavy atom. The monoisotopic (exact) mass is 484 g/mol. The van der Waals surface area contributed by atoms with Crippen LogP contribution in [0.15, 0.2) is 29.3 Å². The van der Waals surface area contributed by atoms with Crippen LogP contribution in [0.4, 0.5) is 10.1 Å². The van der Waals surface area contributed by atoms with Gasteiger partial charge in [0.05, 0.1) is 23.1 Å². The molecule has 1 saturated heterocycles. The normalized spacial score (nSPS) is 17.6. The highest BCUT2D eigenvalue weighted by Crippen LogP contribution is 2.38. The molecule has 1 saturated carbocycles. The predicted octanol–water partition coefficient (Wildman–Crippen LogP) is 1.73. The van der Waals surface area contributed by atoms with E-state index in [0.717, 1.165) is 18.9 Å². The number of pyridine rings is 1. The van der Waals surface area contributed by atoms with Crippen molar-refractivity contribution in [2.45, 2.75) is 38.4 Å². The maximum Gasteiger partial charge on any atom is 0.341 e. The second-order valence-electron chi connectivity index (χ2n) is 9.10. The van der Waals surface area contributed by atoms with Gasteiger partial charge in [-0.1, -0.05) is 5.21 Å². The van der Waals surface area contributed by atoms with Crippen LogP contribution in [0, 0.1) is 5.82 Å². The minimum atomic E-state index is -1.32. The molecule has 0 amide bonds. The second kappa shape index (κ2) is 8.77. The van der Waals surface area contributed by atoms with Crippen molar-refractivity contribution in [1.29, 1.82) is 0 Å². The van der Waals surface area contributed by atoms with Gasteiger partial charge in [0.15, 0.2) is 0 Å². The number of carboxylic acid groups (broad SMARTS) is 2. The maximum atomic E-state index is 15.1. The largest absolute Gasteiger partial charge is 0.480 e. The van der Waals surface area contributed by atoms with E-state index in [2.05, 4.69) is 15.2 Å². The van der Waals surface area contributed by atoms with Crippen LogP contribution >= 0.6 is 0 Å². The fraction of sp³-hybridized carbons (Fsp3) is 0.435. The summed E-state index contributed by atoms with van der Waals surface area (Å²) in [5.74, 6) is -2.86. The van der Waals surface area contributed by atoms with Crippen molar-refractivity contribution in [3.05, 3.63) is 51.8 Å². The van der Waals surface area contributed by atoms with Gasteiger partial charge in [-0.2, -0.15) is 0 Å². The number of aliphatic carboxylic acids is 1. The van der Waals surface area contributed by atoms with E-state index in [1.807, 2.05) is 4.90 Å². The van der Waals surface area contributed by atoms with Crippen LogP contribution < -0.4 is 10.3 Å². The number of anilines is 1. The van der Waals surface area contributed by atoms with E-state index in [-0.39, 0.29) is 17.0 Å². The first kappa shape index (κ1) is 23.0. The van der Waals surface area contributed by atoms with E-state index in [1.54, 1.807) is 16.8 Å². The molecule has 2 aliphatic rings. The smallest absolute Gasteiger partial charge is 0.341 e. The topological polar surface area (TPSA) is 134 Å². The number of hydrogen-bond acceptors (Lipinski definition) is 7. The number of hydrogen-bond donors (Lipinski definition) is 2. The number of aromatic carboxylic acids is 1. The molecule has 0 spiro atoms. The Balaban J connectivity index is 1.35. The third-order valence-electron chi connectivity index (χ3n) is 6.68. The summed E-state index contributed by atoms with van der Waals surface area (Å²) < 4.78 is 18.2. The summed E-state index contributed by atoms with van der Waals surface area (Å²) in [6.07, 6.45) is 4.77. The van der Waals surface area contributed by atoms with Gasteiger partial charge in [0.1, 0.15) is 17.4 Å². The molecule has 184 valence electrons. The Hall–Kier alpha value is -3.80. The van der Waals surface area contributed by atoms with Crippen LogP contribution in [0.2, 0.25) is 0 Å². The van der Waals surface area contributed by atoms with Crippen molar-refractivity contribution < 1.29 is 24.2 Å². The highest BCUT2D eigenvalue weighted by atomic mass is 19.1. The van der Waals surface area contributed by atoms with E-state index in [0.29, 0.717) is 49.6 Å². The number of rotatable bonds is 7. The van der Waals surface area contributed by atoms with Crippen LogP contribution in [-0.4, -0.2) is 72.8 Å². The van der Waals surface area contributed by atoms with E-state index < -0.39 is 29.2 Å². The summed E-state index contributed by atoms with van der Waals surface area (Å²) in [5, 5.41) is 26.6. The Morgan fingerprint density at radius 1 is 1.14 bits per heavy atom. The van der Waals surface area contributed by atoms with Crippen molar-refractivity contribution in [2.24, 2.45) is 0 Å². The van der Waals surface area contributed by atoms with Gasteiger partial charge in [-0.15, -0.1) is 5.10 Å². The van der Waals surface area contributed by atoms with Crippen LogP contribution in [0.5, 0.6) is 0 Å². The van der Waals surface area contributed by atoms with Crippen LogP contribution in [0.3, 0.4) is 0 Å². The summed E-state index contributed by atoms with van der Waals surface area (Å²) in [4.78, 5) is 39.4. The van der Waals surface area contributed by atoms with Gasteiger partial charge in [-0.25, -0.2) is 18.7 Å². The zero-order valence-corrected chi connectivity index (χ0v) is 19.1. The molecule has 1 aliphatic carbocycles. The maximum absolute atomic E-state index is 15.1. The van der Waals surface area contributed by atoms with Gasteiger partial charge in [-0.05, 0) is 31.9 Å². The lowest BCUT2D eigenvalue weighted by atomic mass is 10.1. The van der Waals surface area contributed by atoms with Crippen molar-refractivity contribution >= 4 is 28.5 Å². The molecular formula is C23H25FN6O5. The SMILES string of the molecule is C[C@@H](C(=O)O)n1cc(CN2CCN(c3cc4c(cc3F)c(=O)c(C(=O)O)cn4C3CC3)CC2)nn1. The molecule has 35 heavy (non-hydrogen) atoms. The minimum absolute atomic E-state index is 0.0790. The number of carbonyl (C=O) groups is 2. The van der Waals surface area contributed by atoms with Gasteiger partial charge >= 0.3 is 11.9 Å². The van der Waals surface area contributed by atoms with Gasteiger partial charge in [0, 0.05) is 50.3 Å². The van der Waals surface area contributed by atoms with Crippen molar-refractivity contribution in [3.8, 4) is 0 Å². The minimum Gasteiger partial charge on any atom is -0.480 e. The summed E-state index contributed by atoms with van der Waals surface area (Å²) in [6.45, 7) is 4.38. The molecule has 3 heterocycles. The van der Waals surface area contributed by atoms with Gasteiger partial charge in [0.2, 0.25) is 5.43 Å². The molecule has 1 aliphatic heterocycles. The number of fused-ring (bicyclic) bond motifs is 1. The fourth-order valence-corrected chi connectivity index (χ4v) is 4.47. The molecule has 3 aromatic rings. The average molecular weight is 484 g/mol. The molecule has 1 atom stereocenters. The molecule has 0 radical (unpaired) electrons. The molecule has 2 N–H and O–H groups in total. The molecule has 12 heteroatoms. The van der Waals surface area contributed by atoms with Gasteiger partial charge in [-0.3, -0.25) is 9.69 Å². The Labute approximate surface area is 199 Å². The van der Waals surface area contributed by atoms with Crippen LogP contribution in [0.25, 0.3) is 10.9 Å². The quantitative estimate of drug-likeness (QED) is 0.514. The third kappa shape index (κ3) is 4.36. The zero-order valence-electron chi connectivity index (χ0n) is 19.1. The first-order valence-corrected chi connectivity index (χ1v) is 11.5. The number of nitrogens with zero attached hydrogens (tertiary/aromatic N) is 6. The Bertz CT molecular complexity index is 1370. The van der Waals surface area contributed by atoms with E-state index in [1.165, 1.54) is 17.8 Å². The first-order chi connectivity index (χ1) is 16.7. The highest BCUT2D eigenvalue weighted by Gasteiger charge is 2.28. The Kier molecular flexibility index (Phi) is 5.75. The van der Waals surface area contributed by atoms with E-state index in [4.69, 9.17) is 5.11 Å². The lowest BCUT2D eigenvalue weighted by Gasteiger charge is -2.36. The third-order valence-corrected chi connectivity index (χ3v) is 6.68. The lowest BCUT2D eigenvalue weighted by molar-refractivity contribution is -0.140. The molecule has 2 aromatic heterocycles. The summed E-state index contributed by atoms with van der Waals surface area (Å²) in [6, 6.07) is 2.13. The molecule has 5 rings (SSSR count). The summed E-state index contributed by atoms with van der Waals surface area (Å²) in [7, 11) is 0. The number of carboxylic acids is 2. The van der Waals surface area contributed by atoms with Crippen LogP contribution in [0.1, 0.15) is 47.9 Å². The van der Waals surface area contributed by atoms with Gasteiger partial charge in [0.25, 0.3) is 0 Å². The zero-order chi connectivity index (χ0) is 24.9. The second-order valence-corrected chi connectivity index (χ2v) is 9.10. The molecule has 11 nitrogen and oxygen atoms in total. The molecule has 0 unspecified atom stereocenters. The first-order valence-electron chi connectivity index (χ1n) is 11.5. The average Bonchev–Trinajstić information content (AvgIpc) is 3.57. The molecular weight excluding hydrogens is 459 g/mol. The number of benzene rings is 1. The van der Waals surface area contributed by atoms with E-state index >= 15 is 4.39 Å². The highest BCUT2D eigenvalue weighted by molar-refractivity contribution is 5.93. The van der Waals surface area contributed by atoms with Crippen molar-refractivity contribution in [2.75, 3.05) is 31.1 Å². The molecule has 2 fully saturated rings. The van der Waals surface area contributed by atoms with Crippen LogP contribution in [-0.2, 0) is 11.3 Å². The van der Waals surface area contributed by atoms with Crippen molar-refractivity contribution in [1.82, 2.24) is 24.5 Å². The van der Waals surface area contributed by atoms with E-state index in [9.17, 15) is 19.5 Å². The number of aromatic nitrogens is 4. The van der Waals surface area contributed by atoms with Crippen molar-refractivity contribution in [3.63, 3.8) is 0 Å².